The molecular weight excluding hydrogens is 316 g/mol. The fourth-order valence-electron chi connectivity index (χ4n) is 1.81. The van der Waals surface area contributed by atoms with Crippen LogP contribution in [-0.2, 0) is 16.1 Å². The van der Waals surface area contributed by atoms with Crippen molar-refractivity contribution in [1.29, 1.82) is 0 Å². The SMILES string of the molecule is O=C(CNC(=O)COc1ccccc1)NCc1cccc(Cl)c1. The number of carbonyl (C=O) groups is 2. The van der Waals surface area contributed by atoms with Crippen LogP contribution in [0.2, 0.25) is 5.02 Å². The molecule has 0 aromatic heterocycles. The van der Waals surface area contributed by atoms with Gasteiger partial charge in [-0.1, -0.05) is 41.9 Å². The van der Waals surface area contributed by atoms with E-state index in [0.29, 0.717) is 17.3 Å². The summed E-state index contributed by atoms with van der Waals surface area (Å²) in [5.41, 5.74) is 0.893. The topological polar surface area (TPSA) is 67.4 Å². The van der Waals surface area contributed by atoms with Crippen molar-refractivity contribution in [2.45, 2.75) is 6.54 Å². The molecule has 0 saturated heterocycles. The fraction of sp³-hybridized carbons (Fsp3) is 0.176. The number of benzene rings is 2. The summed E-state index contributed by atoms with van der Waals surface area (Å²) in [7, 11) is 0. The molecule has 23 heavy (non-hydrogen) atoms. The quantitative estimate of drug-likeness (QED) is 0.816. The number of rotatable bonds is 7. The first-order valence-electron chi connectivity index (χ1n) is 7.09. The van der Waals surface area contributed by atoms with Gasteiger partial charge in [-0.05, 0) is 29.8 Å². The lowest BCUT2D eigenvalue weighted by Crippen LogP contribution is -2.38. The molecule has 2 aromatic carbocycles. The maximum Gasteiger partial charge on any atom is 0.258 e. The normalized spacial score (nSPS) is 9.96. The van der Waals surface area contributed by atoms with E-state index in [-0.39, 0.29) is 25.0 Å². The highest BCUT2D eigenvalue weighted by Gasteiger charge is 2.06. The average molecular weight is 333 g/mol. The second-order valence-corrected chi connectivity index (χ2v) is 5.22. The molecule has 0 aliphatic rings. The predicted molar refractivity (Wildman–Crippen MR) is 88.2 cm³/mol. The lowest BCUT2D eigenvalue weighted by atomic mass is 10.2. The van der Waals surface area contributed by atoms with Crippen LogP contribution in [0.3, 0.4) is 0 Å². The second kappa shape index (κ2) is 8.80. The third-order valence-electron chi connectivity index (χ3n) is 2.94. The molecule has 120 valence electrons. The van der Waals surface area contributed by atoms with E-state index in [1.54, 1.807) is 24.3 Å². The maximum absolute atomic E-state index is 11.7. The third kappa shape index (κ3) is 6.40. The molecule has 0 radical (unpaired) electrons. The van der Waals surface area contributed by atoms with Gasteiger partial charge in [0, 0.05) is 11.6 Å². The zero-order valence-electron chi connectivity index (χ0n) is 12.4. The largest absolute Gasteiger partial charge is 0.484 e. The summed E-state index contributed by atoms with van der Waals surface area (Å²) in [6, 6.07) is 16.2. The molecule has 0 atom stereocenters. The van der Waals surface area contributed by atoms with E-state index in [1.807, 2.05) is 30.3 Å². The van der Waals surface area contributed by atoms with Gasteiger partial charge in [-0.2, -0.15) is 0 Å². The summed E-state index contributed by atoms with van der Waals surface area (Å²) < 4.78 is 5.28. The summed E-state index contributed by atoms with van der Waals surface area (Å²) in [5.74, 6) is -0.0298. The first-order chi connectivity index (χ1) is 11.1. The lowest BCUT2D eigenvalue weighted by molar-refractivity contribution is -0.127. The Hall–Kier alpha value is -2.53. The Morgan fingerprint density at radius 1 is 0.957 bits per heavy atom. The highest BCUT2D eigenvalue weighted by atomic mass is 35.5. The molecule has 0 aliphatic heterocycles. The number of hydrogen-bond acceptors (Lipinski definition) is 3. The Labute approximate surface area is 139 Å². The summed E-state index contributed by atoms with van der Waals surface area (Å²) in [6.07, 6.45) is 0. The van der Waals surface area contributed by atoms with E-state index in [1.165, 1.54) is 0 Å². The molecule has 0 heterocycles. The van der Waals surface area contributed by atoms with E-state index < -0.39 is 0 Å². The van der Waals surface area contributed by atoms with Gasteiger partial charge >= 0.3 is 0 Å². The molecular formula is C17H17ClN2O3. The standard InChI is InChI=1S/C17H17ClN2O3/c18-14-6-4-5-13(9-14)10-19-16(21)11-20-17(22)12-23-15-7-2-1-3-8-15/h1-9H,10-12H2,(H,19,21)(H,20,22). The van der Waals surface area contributed by atoms with Crippen LogP contribution in [0.4, 0.5) is 0 Å². The molecule has 0 bridgehead atoms. The van der Waals surface area contributed by atoms with Crippen LogP contribution < -0.4 is 15.4 Å². The first kappa shape index (κ1) is 16.8. The average Bonchev–Trinajstić information content (AvgIpc) is 2.57. The zero-order chi connectivity index (χ0) is 16.5. The fourth-order valence-corrected chi connectivity index (χ4v) is 2.02. The number of ether oxygens (including phenoxy) is 1. The Morgan fingerprint density at radius 2 is 1.74 bits per heavy atom. The highest BCUT2D eigenvalue weighted by molar-refractivity contribution is 6.30. The van der Waals surface area contributed by atoms with Crippen molar-refractivity contribution >= 4 is 23.4 Å². The molecule has 2 N–H and O–H groups in total. The molecule has 2 amide bonds. The summed E-state index contributed by atoms with van der Waals surface area (Å²) in [6.45, 7) is 0.124. The highest BCUT2D eigenvalue weighted by Crippen LogP contribution is 2.10. The van der Waals surface area contributed by atoms with Gasteiger partial charge in [-0.25, -0.2) is 0 Å². The van der Waals surface area contributed by atoms with Crippen LogP contribution in [0.5, 0.6) is 5.75 Å². The van der Waals surface area contributed by atoms with Crippen LogP contribution in [-0.4, -0.2) is 25.0 Å². The van der Waals surface area contributed by atoms with E-state index in [0.717, 1.165) is 5.56 Å². The van der Waals surface area contributed by atoms with Crippen molar-refractivity contribution < 1.29 is 14.3 Å². The smallest absolute Gasteiger partial charge is 0.258 e. The predicted octanol–water partition coefficient (Wildman–Crippen LogP) is 2.15. The molecule has 2 aromatic rings. The molecule has 0 saturated carbocycles. The van der Waals surface area contributed by atoms with Crippen molar-refractivity contribution in [2.75, 3.05) is 13.2 Å². The molecule has 0 unspecified atom stereocenters. The molecule has 5 nitrogen and oxygen atoms in total. The van der Waals surface area contributed by atoms with E-state index in [4.69, 9.17) is 16.3 Å². The van der Waals surface area contributed by atoms with Crippen LogP contribution >= 0.6 is 11.6 Å². The Bertz CT molecular complexity index is 662. The van der Waals surface area contributed by atoms with Crippen LogP contribution in [0.1, 0.15) is 5.56 Å². The number of hydrogen-bond donors (Lipinski definition) is 2. The van der Waals surface area contributed by atoms with E-state index >= 15 is 0 Å². The maximum atomic E-state index is 11.7. The van der Waals surface area contributed by atoms with Crippen LogP contribution in [0.25, 0.3) is 0 Å². The van der Waals surface area contributed by atoms with Crippen LogP contribution in [0.15, 0.2) is 54.6 Å². The molecule has 0 fully saturated rings. The third-order valence-corrected chi connectivity index (χ3v) is 3.17. The molecule has 0 spiro atoms. The minimum atomic E-state index is -0.355. The van der Waals surface area contributed by atoms with Crippen molar-refractivity contribution in [3.63, 3.8) is 0 Å². The van der Waals surface area contributed by atoms with Crippen molar-refractivity contribution in [3.8, 4) is 5.75 Å². The lowest BCUT2D eigenvalue weighted by Gasteiger charge is -2.08. The summed E-state index contributed by atoms with van der Waals surface area (Å²) in [4.78, 5) is 23.3. The monoisotopic (exact) mass is 332 g/mol. The number of carbonyl (C=O) groups excluding carboxylic acids is 2. The van der Waals surface area contributed by atoms with E-state index in [9.17, 15) is 9.59 Å². The number of nitrogens with one attached hydrogen (secondary N) is 2. The second-order valence-electron chi connectivity index (χ2n) is 4.79. The molecule has 0 aliphatic carbocycles. The molecule has 6 heteroatoms. The van der Waals surface area contributed by atoms with Gasteiger partial charge in [0.1, 0.15) is 5.75 Å². The summed E-state index contributed by atoms with van der Waals surface area (Å²) in [5, 5.41) is 5.81. The van der Waals surface area contributed by atoms with Gasteiger partial charge in [-0.3, -0.25) is 9.59 Å². The van der Waals surface area contributed by atoms with Gasteiger partial charge in [0.25, 0.3) is 5.91 Å². The minimum absolute atomic E-state index is 0.0997. The Morgan fingerprint density at radius 3 is 2.48 bits per heavy atom. The number of halogens is 1. The van der Waals surface area contributed by atoms with Gasteiger partial charge in [-0.15, -0.1) is 0 Å². The van der Waals surface area contributed by atoms with Crippen molar-refractivity contribution in [2.24, 2.45) is 0 Å². The number of amides is 2. The van der Waals surface area contributed by atoms with Gasteiger partial charge < -0.3 is 15.4 Å². The van der Waals surface area contributed by atoms with Gasteiger partial charge in [0.15, 0.2) is 6.61 Å². The minimum Gasteiger partial charge on any atom is -0.484 e. The zero-order valence-corrected chi connectivity index (χ0v) is 13.2. The van der Waals surface area contributed by atoms with Crippen LogP contribution in [0, 0.1) is 0 Å². The molecule has 2 rings (SSSR count). The van der Waals surface area contributed by atoms with Gasteiger partial charge in [0.05, 0.1) is 6.54 Å². The van der Waals surface area contributed by atoms with E-state index in [2.05, 4.69) is 10.6 Å². The Balaban J connectivity index is 1.64. The first-order valence-corrected chi connectivity index (χ1v) is 7.47. The van der Waals surface area contributed by atoms with Crippen molar-refractivity contribution in [1.82, 2.24) is 10.6 Å². The van der Waals surface area contributed by atoms with Crippen molar-refractivity contribution in [3.05, 3.63) is 65.2 Å². The Kier molecular flexibility index (Phi) is 6.44. The van der Waals surface area contributed by atoms with Gasteiger partial charge in [0.2, 0.25) is 5.91 Å². The summed E-state index contributed by atoms with van der Waals surface area (Å²) >= 11 is 5.86. The number of para-hydroxylation sites is 1.